The zero-order valence-electron chi connectivity index (χ0n) is 11.4. The minimum Gasteiger partial charge on any atom is -0.449 e. The van der Waals surface area contributed by atoms with Crippen LogP contribution in [0.15, 0.2) is 58.0 Å². The summed E-state index contributed by atoms with van der Waals surface area (Å²) >= 11 is 5.34. The molecular weight excluding hydrogens is 298 g/mol. The van der Waals surface area contributed by atoms with Crippen LogP contribution >= 0.6 is 12.2 Å². The van der Waals surface area contributed by atoms with E-state index in [1.54, 1.807) is 12.4 Å². The number of benzene rings is 1. The third kappa shape index (κ3) is 1.96. The fourth-order valence-electron chi connectivity index (χ4n) is 2.53. The van der Waals surface area contributed by atoms with Gasteiger partial charge in [-0.25, -0.2) is 0 Å². The van der Waals surface area contributed by atoms with Crippen molar-refractivity contribution in [2.24, 2.45) is 0 Å². The Kier molecular flexibility index (Phi) is 2.90. The van der Waals surface area contributed by atoms with Crippen molar-refractivity contribution in [2.75, 3.05) is 0 Å². The molecule has 5 nitrogen and oxygen atoms in total. The summed E-state index contributed by atoms with van der Waals surface area (Å²) in [4.78, 5) is 19.8. The monoisotopic (exact) mass is 309 g/mol. The number of H-pyrrole nitrogens is 1. The van der Waals surface area contributed by atoms with Crippen LogP contribution in [0, 0.1) is 4.77 Å². The molecule has 0 amide bonds. The molecule has 6 heteroatoms. The second-order valence-electron chi connectivity index (χ2n) is 4.99. The smallest absolute Gasteiger partial charge is 0.298 e. The van der Waals surface area contributed by atoms with Gasteiger partial charge in [-0.05, 0) is 36.0 Å². The van der Waals surface area contributed by atoms with Crippen molar-refractivity contribution < 1.29 is 4.42 Å². The van der Waals surface area contributed by atoms with Crippen LogP contribution in [0.3, 0.4) is 0 Å². The van der Waals surface area contributed by atoms with Crippen molar-refractivity contribution in [2.45, 2.75) is 6.54 Å². The predicted molar refractivity (Wildman–Crippen MR) is 86.5 cm³/mol. The molecule has 0 saturated carbocycles. The largest absolute Gasteiger partial charge is 0.449 e. The molecule has 3 aromatic heterocycles. The lowest BCUT2D eigenvalue weighted by atomic mass is 10.2. The van der Waals surface area contributed by atoms with Crippen molar-refractivity contribution in [3.05, 3.63) is 69.5 Å². The lowest BCUT2D eigenvalue weighted by Crippen LogP contribution is -2.22. The minimum absolute atomic E-state index is 0.237. The highest BCUT2D eigenvalue weighted by Gasteiger charge is 2.13. The molecule has 0 saturated heterocycles. The van der Waals surface area contributed by atoms with Crippen molar-refractivity contribution in [3.8, 4) is 0 Å². The van der Waals surface area contributed by atoms with E-state index >= 15 is 0 Å². The van der Waals surface area contributed by atoms with Crippen molar-refractivity contribution in [1.82, 2.24) is 14.5 Å². The molecule has 1 N–H and O–H groups in total. The van der Waals surface area contributed by atoms with Gasteiger partial charge in [-0.3, -0.25) is 14.3 Å². The molecule has 0 spiro atoms. The summed E-state index contributed by atoms with van der Waals surface area (Å²) in [5.74, 6) is 0. The molecule has 0 radical (unpaired) electrons. The Morgan fingerprint density at radius 2 is 2.09 bits per heavy atom. The highest BCUT2D eigenvalue weighted by molar-refractivity contribution is 7.71. The molecule has 0 aliphatic heterocycles. The third-order valence-electron chi connectivity index (χ3n) is 3.58. The van der Waals surface area contributed by atoms with E-state index in [0.717, 1.165) is 10.9 Å². The molecule has 0 unspecified atom stereocenters. The van der Waals surface area contributed by atoms with Crippen LogP contribution in [0.4, 0.5) is 0 Å². The van der Waals surface area contributed by atoms with E-state index in [9.17, 15) is 4.79 Å². The molecule has 0 aliphatic carbocycles. The maximum Gasteiger partial charge on any atom is 0.298 e. The molecule has 108 valence electrons. The number of fused-ring (bicyclic) bond motifs is 3. The summed E-state index contributed by atoms with van der Waals surface area (Å²) in [6.45, 7) is 0.356. The number of rotatable bonds is 2. The summed E-state index contributed by atoms with van der Waals surface area (Å²) < 4.78 is 7.54. The Morgan fingerprint density at radius 3 is 2.91 bits per heavy atom. The number of nitrogens with zero attached hydrogens (tertiary/aromatic N) is 2. The van der Waals surface area contributed by atoms with Crippen LogP contribution in [0.1, 0.15) is 5.56 Å². The average molecular weight is 309 g/mol. The summed E-state index contributed by atoms with van der Waals surface area (Å²) in [5, 5.41) is 0.856. The van der Waals surface area contributed by atoms with Gasteiger partial charge in [-0.1, -0.05) is 18.2 Å². The van der Waals surface area contributed by atoms with E-state index in [0.29, 0.717) is 28.0 Å². The second kappa shape index (κ2) is 4.92. The zero-order chi connectivity index (χ0) is 15.1. The number of pyridine rings is 1. The van der Waals surface area contributed by atoms with Gasteiger partial charge in [0.05, 0.1) is 6.54 Å². The molecule has 0 aliphatic rings. The van der Waals surface area contributed by atoms with Crippen LogP contribution in [-0.4, -0.2) is 14.5 Å². The van der Waals surface area contributed by atoms with Crippen molar-refractivity contribution in [1.29, 1.82) is 0 Å². The Hall–Kier alpha value is -2.73. The van der Waals surface area contributed by atoms with Gasteiger partial charge in [-0.2, -0.15) is 0 Å². The van der Waals surface area contributed by atoms with E-state index in [-0.39, 0.29) is 5.56 Å². The van der Waals surface area contributed by atoms with E-state index in [1.807, 2.05) is 36.4 Å². The first-order valence-electron chi connectivity index (χ1n) is 6.77. The molecular formula is C16H11N3O2S. The van der Waals surface area contributed by atoms with E-state index in [2.05, 4.69) is 9.97 Å². The second-order valence-corrected chi connectivity index (χ2v) is 5.37. The molecule has 22 heavy (non-hydrogen) atoms. The fraction of sp³-hybridized carbons (Fsp3) is 0.0625. The summed E-state index contributed by atoms with van der Waals surface area (Å²) in [6, 6.07) is 11.2. The summed E-state index contributed by atoms with van der Waals surface area (Å²) in [6.07, 6.45) is 3.40. The molecule has 4 rings (SSSR count). The Balaban J connectivity index is 1.99. The Labute approximate surface area is 129 Å². The van der Waals surface area contributed by atoms with Gasteiger partial charge < -0.3 is 9.40 Å². The standard InChI is InChI=1S/C16H11N3O2S/c20-15-14-13(11-5-1-2-6-12(11)21-14)18-16(22)19(15)9-10-4-3-7-17-8-10/h1-8H,9H2,(H,18,22). The van der Waals surface area contributed by atoms with Gasteiger partial charge in [0.25, 0.3) is 5.56 Å². The summed E-state index contributed by atoms with van der Waals surface area (Å²) in [7, 11) is 0. The quantitative estimate of drug-likeness (QED) is 0.577. The number of aromatic nitrogens is 3. The minimum atomic E-state index is -0.237. The summed E-state index contributed by atoms with van der Waals surface area (Å²) in [5.41, 5.74) is 2.27. The van der Waals surface area contributed by atoms with Gasteiger partial charge in [0.2, 0.25) is 5.58 Å². The number of aromatic amines is 1. The maximum absolute atomic E-state index is 12.7. The number of nitrogens with one attached hydrogen (secondary N) is 1. The molecule has 0 atom stereocenters. The van der Waals surface area contributed by atoms with Gasteiger partial charge in [0.1, 0.15) is 11.1 Å². The molecule has 3 heterocycles. The van der Waals surface area contributed by atoms with Crippen LogP contribution in [0.2, 0.25) is 0 Å². The predicted octanol–water partition coefficient (Wildman–Crippen LogP) is 3.25. The first-order chi connectivity index (χ1) is 10.7. The topological polar surface area (TPSA) is 63.8 Å². The average Bonchev–Trinajstić information content (AvgIpc) is 2.91. The van der Waals surface area contributed by atoms with Gasteiger partial charge >= 0.3 is 0 Å². The Morgan fingerprint density at radius 1 is 1.23 bits per heavy atom. The van der Waals surface area contributed by atoms with E-state index in [1.165, 1.54) is 4.57 Å². The first-order valence-corrected chi connectivity index (χ1v) is 7.18. The van der Waals surface area contributed by atoms with Crippen LogP contribution < -0.4 is 5.56 Å². The third-order valence-corrected chi connectivity index (χ3v) is 3.90. The van der Waals surface area contributed by atoms with Gasteiger partial charge in [-0.15, -0.1) is 0 Å². The van der Waals surface area contributed by atoms with Crippen LogP contribution in [0.25, 0.3) is 22.1 Å². The van der Waals surface area contributed by atoms with Crippen molar-refractivity contribution in [3.63, 3.8) is 0 Å². The molecule has 1 aromatic carbocycles. The number of para-hydroxylation sites is 1. The van der Waals surface area contributed by atoms with Crippen LogP contribution in [-0.2, 0) is 6.54 Å². The SMILES string of the molecule is O=c1c2oc3ccccc3c2[nH]c(=S)n1Cc1cccnc1. The number of hydrogen-bond donors (Lipinski definition) is 1. The molecule has 0 bridgehead atoms. The first kappa shape index (κ1) is 13.0. The maximum atomic E-state index is 12.7. The van der Waals surface area contributed by atoms with Gasteiger partial charge in [0.15, 0.2) is 4.77 Å². The van der Waals surface area contributed by atoms with Crippen LogP contribution in [0.5, 0.6) is 0 Å². The van der Waals surface area contributed by atoms with E-state index in [4.69, 9.17) is 16.6 Å². The Bertz CT molecular complexity index is 1090. The van der Waals surface area contributed by atoms with Crippen molar-refractivity contribution >= 4 is 34.3 Å². The molecule has 4 aromatic rings. The zero-order valence-corrected chi connectivity index (χ0v) is 12.3. The highest BCUT2D eigenvalue weighted by Crippen LogP contribution is 2.24. The fourth-order valence-corrected chi connectivity index (χ4v) is 2.78. The lowest BCUT2D eigenvalue weighted by Gasteiger charge is -2.05. The van der Waals surface area contributed by atoms with Gasteiger partial charge in [0, 0.05) is 17.8 Å². The number of hydrogen-bond acceptors (Lipinski definition) is 4. The van der Waals surface area contributed by atoms with E-state index < -0.39 is 0 Å². The lowest BCUT2D eigenvalue weighted by molar-refractivity contribution is 0.639. The number of furan rings is 1. The molecule has 0 fully saturated rings. The highest BCUT2D eigenvalue weighted by atomic mass is 32.1. The normalized spacial score (nSPS) is 11.3.